The summed E-state index contributed by atoms with van der Waals surface area (Å²) in [5, 5.41) is 0. The summed E-state index contributed by atoms with van der Waals surface area (Å²) in [6.07, 6.45) is 4.22. The fourth-order valence-corrected chi connectivity index (χ4v) is 4.52. The Morgan fingerprint density at radius 1 is 1.15 bits per heavy atom. The number of pyridine rings is 1. The van der Waals surface area contributed by atoms with E-state index in [2.05, 4.69) is 13.8 Å². The number of nitrogens with zero attached hydrogens (tertiary/aromatic N) is 1. The number of hydrogen-bond acceptors (Lipinski definition) is 6. The van der Waals surface area contributed by atoms with Crippen LogP contribution in [0.5, 0.6) is 11.5 Å². The highest BCUT2D eigenvalue weighted by Crippen LogP contribution is 2.43. The van der Waals surface area contributed by atoms with E-state index in [9.17, 15) is 9.59 Å². The molecule has 2 aromatic rings. The molecular weight excluding hydrogens is 434 g/mol. The Balaban J connectivity index is 0.00000158. The van der Waals surface area contributed by atoms with Crippen LogP contribution in [-0.2, 0) is 15.9 Å². The molecule has 7 nitrogen and oxygen atoms in total. The zero-order chi connectivity index (χ0) is 24.8. The Bertz CT molecular complexity index is 1050. The number of esters is 1. The maximum absolute atomic E-state index is 12.8. The maximum Gasteiger partial charge on any atom is 0.343 e. The van der Waals surface area contributed by atoms with Crippen LogP contribution in [0.25, 0.3) is 11.3 Å². The van der Waals surface area contributed by atoms with Crippen LogP contribution in [0, 0.1) is 5.92 Å². The molecule has 2 aliphatic heterocycles. The quantitative estimate of drug-likeness (QED) is 0.550. The zero-order valence-corrected chi connectivity index (χ0v) is 21.2. The second-order valence-corrected chi connectivity index (χ2v) is 8.67. The largest absolute Gasteiger partial charge is 0.493 e. The van der Waals surface area contributed by atoms with Crippen molar-refractivity contribution in [3.8, 4) is 22.8 Å². The second-order valence-electron chi connectivity index (χ2n) is 8.67. The molecular formula is C27H37NO6. The lowest BCUT2D eigenvalue weighted by Crippen LogP contribution is -2.29. The minimum atomic E-state index is -0.584. The van der Waals surface area contributed by atoms with Crippen molar-refractivity contribution in [3.05, 3.63) is 45.7 Å². The Morgan fingerprint density at radius 2 is 1.85 bits per heavy atom. The zero-order valence-electron chi connectivity index (χ0n) is 21.2. The number of carbonyl (C=O) groups excluding carboxylic acids is 1. The number of hydrogen-bond donors (Lipinski definition) is 0. The van der Waals surface area contributed by atoms with Gasteiger partial charge in [0.05, 0.1) is 32.6 Å². The molecule has 7 heteroatoms. The van der Waals surface area contributed by atoms with Crippen molar-refractivity contribution in [2.24, 2.45) is 5.92 Å². The highest BCUT2D eigenvalue weighted by atomic mass is 16.5. The number of ether oxygens (including phenoxy) is 4. The summed E-state index contributed by atoms with van der Waals surface area (Å²) >= 11 is 0. The smallest absolute Gasteiger partial charge is 0.343 e. The highest BCUT2D eigenvalue weighted by Gasteiger charge is 2.30. The van der Waals surface area contributed by atoms with E-state index < -0.39 is 5.97 Å². The monoisotopic (exact) mass is 471 g/mol. The summed E-state index contributed by atoms with van der Waals surface area (Å²) in [6, 6.07) is 5.62. The van der Waals surface area contributed by atoms with Crippen molar-refractivity contribution in [1.82, 2.24) is 4.57 Å². The predicted octanol–water partition coefficient (Wildman–Crippen LogP) is 5.04. The number of rotatable bonds is 6. The highest BCUT2D eigenvalue weighted by molar-refractivity contribution is 5.89. The van der Waals surface area contributed by atoms with E-state index in [1.54, 1.807) is 20.2 Å². The van der Waals surface area contributed by atoms with Crippen LogP contribution in [0.15, 0.2) is 29.2 Å². The van der Waals surface area contributed by atoms with E-state index in [1.807, 2.05) is 30.5 Å². The summed E-state index contributed by atoms with van der Waals surface area (Å²) in [6.45, 7) is 11.6. The number of benzene rings is 1. The molecule has 3 heterocycles. The Hall–Kier alpha value is -2.80. The van der Waals surface area contributed by atoms with Crippen molar-refractivity contribution in [2.45, 2.75) is 66.0 Å². The van der Waals surface area contributed by atoms with E-state index in [4.69, 9.17) is 18.9 Å². The molecule has 1 unspecified atom stereocenters. The van der Waals surface area contributed by atoms with Gasteiger partial charge in [-0.3, -0.25) is 4.79 Å². The molecule has 0 bridgehead atoms. The molecule has 4 rings (SSSR count). The lowest BCUT2D eigenvalue weighted by molar-refractivity contribution is 0.0245. The van der Waals surface area contributed by atoms with Gasteiger partial charge in [0.15, 0.2) is 16.9 Å². The average Bonchev–Trinajstić information content (AvgIpc) is 2.84. The number of carbonyl (C=O) groups is 1. The molecule has 0 amide bonds. The normalized spacial score (nSPS) is 17.2. The van der Waals surface area contributed by atoms with Gasteiger partial charge in [-0.25, -0.2) is 4.79 Å². The summed E-state index contributed by atoms with van der Waals surface area (Å²) < 4.78 is 24.5. The van der Waals surface area contributed by atoms with Gasteiger partial charge in [-0.2, -0.15) is 0 Å². The maximum atomic E-state index is 12.8. The van der Waals surface area contributed by atoms with Gasteiger partial charge < -0.3 is 23.5 Å². The van der Waals surface area contributed by atoms with Gasteiger partial charge in [-0.1, -0.05) is 27.7 Å². The van der Waals surface area contributed by atoms with Crippen molar-refractivity contribution in [1.29, 1.82) is 0 Å². The van der Waals surface area contributed by atoms with Crippen LogP contribution in [0.2, 0.25) is 0 Å². The summed E-state index contributed by atoms with van der Waals surface area (Å²) in [5.74, 6) is 1.06. The van der Waals surface area contributed by atoms with Gasteiger partial charge in [-0.15, -0.1) is 0 Å². The van der Waals surface area contributed by atoms with Gasteiger partial charge >= 0.3 is 5.97 Å². The molecule has 1 fully saturated rings. The van der Waals surface area contributed by atoms with E-state index in [0.29, 0.717) is 24.9 Å². The summed E-state index contributed by atoms with van der Waals surface area (Å²) in [4.78, 5) is 25.1. The van der Waals surface area contributed by atoms with E-state index in [1.165, 1.54) is 6.07 Å². The molecule has 2 aliphatic rings. The third kappa shape index (κ3) is 5.30. The fraction of sp³-hybridized carbons (Fsp3) is 0.556. The van der Waals surface area contributed by atoms with Gasteiger partial charge in [0, 0.05) is 36.7 Å². The number of methoxy groups -OCH3 is 1. The summed E-state index contributed by atoms with van der Waals surface area (Å²) in [7, 11) is 1.62. The molecule has 0 radical (unpaired) electrons. The molecule has 0 N–H and O–H groups in total. The Morgan fingerprint density at radius 3 is 2.47 bits per heavy atom. The predicted molar refractivity (Wildman–Crippen MR) is 132 cm³/mol. The van der Waals surface area contributed by atoms with Crippen LogP contribution in [0.3, 0.4) is 0 Å². The number of fused-ring (bicyclic) bond motifs is 3. The lowest BCUT2D eigenvalue weighted by atomic mass is 9.87. The standard InChI is InChI=1S/C25H31NO6.C2H6/c1-5-31-25(28)19-14-26-20(15(2)3)10-16-11-24(32-17-6-8-30-9-7-17)23(29-4)12-18(16)21(26)13-22(19)27;1-2/h11-15,17,20H,5-10H2,1-4H3;1-2H3. The summed E-state index contributed by atoms with van der Waals surface area (Å²) in [5.41, 5.74) is 2.53. The molecule has 186 valence electrons. The van der Waals surface area contributed by atoms with Gasteiger partial charge in [0.1, 0.15) is 11.7 Å². The van der Waals surface area contributed by atoms with Crippen molar-refractivity contribution < 1.29 is 23.7 Å². The van der Waals surface area contributed by atoms with E-state index in [0.717, 1.165) is 41.8 Å². The molecule has 1 aromatic carbocycles. The van der Waals surface area contributed by atoms with Crippen LogP contribution in [0.4, 0.5) is 0 Å². The first kappa shape index (κ1) is 25.8. The molecule has 1 aromatic heterocycles. The third-order valence-corrected chi connectivity index (χ3v) is 6.26. The second kappa shape index (κ2) is 11.6. The molecule has 0 aliphatic carbocycles. The van der Waals surface area contributed by atoms with E-state index in [-0.39, 0.29) is 29.7 Å². The van der Waals surface area contributed by atoms with Gasteiger partial charge in [0.25, 0.3) is 0 Å². The Kier molecular flexibility index (Phi) is 8.78. The van der Waals surface area contributed by atoms with Crippen LogP contribution >= 0.6 is 0 Å². The minimum Gasteiger partial charge on any atom is -0.493 e. The van der Waals surface area contributed by atoms with E-state index >= 15 is 0 Å². The minimum absolute atomic E-state index is 0.0659. The topological polar surface area (TPSA) is 76.0 Å². The first-order valence-electron chi connectivity index (χ1n) is 12.3. The fourth-order valence-electron chi connectivity index (χ4n) is 4.52. The van der Waals surface area contributed by atoms with Crippen LogP contribution in [0.1, 0.15) is 69.4 Å². The van der Waals surface area contributed by atoms with Crippen LogP contribution < -0.4 is 14.9 Å². The van der Waals surface area contributed by atoms with Crippen molar-refractivity contribution in [3.63, 3.8) is 0 Å². The van der Waals surface area contributed by atoms with Gasteiger partial charge in [0.2, 0.25) is 0 Å². The van der Waals surface area contributed by atoms with Crippen molar-refractivity contribution >= 4 is 5.97 Å². The average molecular weight is 472 g/mol. The SMILES string of the molecule is CC.CCOC(=O)c1cn2c(cc1=O)-c1cc(OC)c(OC3CCOCC3)cc1CC2C(C)C. The van der Waals surface area contributed by atoms with Crippen LogP contribution in [-0.4, -0.2) is 43.6 Å². The Labute approximate surface area is 202 Å². The third-order valence-electron chi connectivity index (χ3n) is 6.26. The molecule has 34 heavy (non-hydrogen) atoms. The lowest BCUT2D eigenvalue weighted by Gasteiger charge is -2.34. The first-order valence-corrected chi connectivity index (χ1v) is 12.3. The molecule has 1 atom stereocenters. The first-order chi connectivity index (χ1) is 16.4. The van der Waals surface area contributed by atoms with Crippen molar-refractivity contribution in [2.75, 3.05) is 26.9 Å². The van der Waals surface area contributed by atoms with Gasteiger partial charge in [-0.05, 0) is 37.0 Å². The number of aromatic nitrogens is 1. The molecule has 1 saturated heterocycles. The molecule has 0 spiro atoms. The molecule has 0 saturated carbocycles.